The summed E-state index contributed by atoms with van der Waals surface area (Å²) in [4.78, 5) is -0.0961. The van der Waals surface area contributed by atoms with Gasteiger partial charge in [-0.1, -0.05) is 35.5 Å². The molecule has 1 fully saturated rings. The van der Waals surface area contributed by atoms with Crippen molar-refractivity contribution in [2.24, 2.45) is 0 Å². The number of ether oxygens (including phenoxy) is 1. The van der Waals surface area contributed by atoms with Crippen LogP contribution in [0, 0.1) is 0 Å². The summed E-state index contributed by atoms with van der Waals surface area (Å²) in [6.07, 6.45) is -2.51. The van der Waals surface area contributed by atoms with Gasteiger partial charge in [-0.15, -0.1) is 18.3 Å². The predicted molar refractivity (Wildman–Crippen MR) is 101 cm³/mol. The van der Waals surface area contributed by atoms with E-state index in [1.807, 2.05) is 30.3 Å². The van der Waals surface area contributed by atoms with Crippen LogP contribution in [0.25, 0.3) is 11.3 Å². The highest BCUT2D eigenvalue weighted by molar-refractivity contribution is 7.89. The minimum Gasteiger partial charge on any atom is -0.406 e. The number of rotatable bonds is 5. The summed E-state index contributed by atoms with van der Waals surface area (Å²) in [6, 6.07) is 13.5. The van der Waals surface area contributed by atoms with Gasteiger partial charge in [-0.25, -0.2) is 13.1 Å². The molecule has 1 aliphatic rings. The molecule has 1 unspecified atom stereocenters. The van der Waals surface area contributed by atoms with Gasteiger partial charge in [0.2, 0.25) is 10.0 Å². The Kier molecular flexibility index (Phi) is 5.24. The van der Waals surface area contributed by atoms with E-state index in [4.69, 9.17) is 0 Å². The van der Waals surface area contributed by atoms with Crippen LogP contribution in [0.4, 0.5) is 13.2 Å². The minimum atomic E-state index is -4.83. The van der Waals surface area contributed by atoms with Crippen LogP contribution in [0.2, 0.25) is 0 Å². The number of hydrogen-bond acceptors (Lipinski definition) is 5. The van der Waals surface area contributed by atoms with Crippen LogP contribution >= 0.6 is 0 Å². The normalized spacial score (nSPS) is 17.9. The first-order chi connectivity index (χ1) is 14.2. The highest BCUT2D eigenvalue weighted by Crippen LogP contribution is 2.30. The van der Waals surface area contributed by atoms with E-state index in [-0.39, 0.29) is 24.0 Å². The van der Waals surface area contributed by atoms with Crippen LogP contribution in [0.5, 0.6) is 5.75 Å². The van der Waals surface area contributed by atoms with E-state index in [2.05, 4.69) is 15.0 Å². The van der Waals surface area contributed by atoms with E-state index in [0.717, 1.165) is 29.8 Å². The predicted octanol–water partition coefficient (Wildman–Crippen LogP) is 3.48. The second-order valence-electron chi connectivity index (χ2n) is 6.77. The van der Waals surface area contributed by atoms with Gasteiger partial charge in [0.1, 0.15) is 11.4 Å². The third-order valence-electron chi connectivity index (χ3n) is 4.78. The van der Waals surface area contributed by atoms with Gasteiger partial charge < -0.3 is 4.74 Å². The summed E-state index contributed by atoms with van der Waals surface area (Å²) in [7, 11) is -3.85. The van der Waals surface area contributed by atoms with Gasteiger partial charge >= 0.3 is 6.36 Å². The first kappa shape index (κ1) is 20.4. The minimum absolute atomic E-state index is 0.0961. The zero-order valence-electron chi connectivity index (χ0n) is 15.5. The SMILES string of the molecule is O=S(=O)(c1ccc(OC(F)(F)F)cc1)N1CCC(n2cc(-c3ccccc3)nn2)C1. The summed E-state index contributed by atoms with van der Waals surface area (Å²) in [6.45, 7) is 0.467. The fourth-order valence-electron chi connectivity index (χ4n) is 3.30. The number of halogens is 3. The maximum atomic E-state index is 12.9. The number of sulfonamides is 1. The molecule has 0 amide bonds. The lowest BCUT2D eigenvalue weighted by Crippen LogP contribution is -2.29. The Labute approximate surface area is 170 Å². The molecule has 0 saturated carbocycles. The second-order valence-corrected chi connectivity index (χ2v) is 8.71. The molecule has 11 heteroatoms. The first-order valence-corrected chi connectivity index (χ1v) is 10.5. The molecule has 3 aromatic rings. The van der Waals surface area contributed by atoms with Crippen molar-refractivity contribution in [3.63, 3.8) is 0 Å². The molecule has 2 heterocycles. The van der Waals surface area contributed by atoms with Crippen LogP contribution in [-0.2, 0) is 10.0 Å². The van der Waals surface area contributed by atoms with Gasteiger partial charge in [-0.3, -0.25) is 0 Å². The lowest BCUT2D eigenvalue weighted by Gasteiger charge is -2.17. The standard InChI is InChI=1S/C19H17F3N4O3S/c20-19(21,22)29-16-6-8-17(9-7-16)30(27,28)25-11-10-15(12-25)26-13-18(23-24-26)14-4-2-1-3-5-14/h1-9,13,15H,10-12H2. The number of hydrogen-bond donors (Lipinski definition) is 0. The van der Waals surface area contributed by atoms with Crippen molar-refractivity contribution in [3.8, 4) is 17.0 Å². The quantitative estimate of drug-likeness (QED) is 0.610. The molecule has 0 N–H and O–H groups in total. The fraction of sp³-hybridized carbons (Fsp3) is 0.263. The topological polar surface area (TPSA) is 77.3 Å². The molecule has 1 aliphatic heterocycles. The Morgan fingerprint density at radius 2 is 1.73 bits per heavy atom. The molecule has 30 heavy (non-hydrogen) atoms. The third-order valence-corrected chi connectivity index (χ3v) is 6.65. The van der Waals surface area contributed by atoms with E-state index in [0.29, 0.717) is 12.1 Å². The molecule has 158 valence electrons. The molecule has 1 aromatic heterocycles. The van der Waals surface area contributed by atoms with Crippen molar-refractivity contribution in [2.45, 2.75) is 23.7 Å². The molecule has 7 nitrogen and oxygen atoms in total. The largest absolute Gasteiger partial charge is 0.573 e. The Morgan fingerprint density at radius 3 is 2.40 bits per heavy atom. The Balaban J connectivity index is 1.47. The van der Waals surface area contributed by atoms with E-state index < -0.39 is 22.1 Å². The highest BCUT2D eigenvalue weighted by Gasteiger charge is 2.35. The third kappa shape index (κ3) is 4.31. The number of alkyl halides is 3. The average molecular weight is 438 g/mol. The van der Waals surface area contributed by atoms with Crippen LogP contribution in [0.15, 0.2) is 65.7 Å². The molecule has 2 aromatic carbocycles. The molecular weight excluding hydrogens is 421 g/mol. The maximum absolute atomic E-state index is 12.9. The molecule has 4 rings (SSSR count). The van der Waals surface area contributed by atoms with Crippen LogP contribution < -0.4 is 4.74 Å². The zero-order chi connectivity index (χ0) is 21.4. The smallest absolute Gasteiger partial charge is 0.406 e. The monoisotopic (exact) mass is 438 g/mol. The van der Waals surface area contributed by atoms with Crippen LogP contribution in [0.1, 0.15) is 12.5 Å². The molecule has 1 atom stereocenters. The molecule has 0 radical (unpaired) electrons. The van der Waals surface area contributed by atoms with Gasteiger partial charge in [0.25, 0.3) is 0 Å². The molecule has 1 saturated heterocycles. The second kappa shape index (κ2) is 7.73. The van der Waals surface area contributed by atoms with Gasteiger partial charge in [0.05, 0.1) is 17.1 Å². The van der Waals surface area contributed by atoms with Crippen molar-refractivity contribution in [3.05, 3.63) is 60.8 Å². The van der Waals surface area contributed by atoms with Crippen molar-refractivity contribution in [1.82, 2.24) is 19.3 Å². The zero-order valence-corrected chi connectivity index (χ0v) is 16.3. The van der Waals surface area contributed by atoms with Crippen molar-refractivity contribution < 1.29 is 26.3 Å². The summed E-state index contributed by atoms with van der Waals surface area (Å²) in [5.41, 5.74) is 1.60. The highest BCUT2D eigenvalue weighted by atomic mass is 32.2. The number of aromatic nitrogens is 3. The van der Waals surface area contributed by atoms with E-state index in [1.54, 1.807) is 10.9 Å². The molecule has 0 aliphatic carbocycles. The lowest BCUT2D eigenvalue weighted by atomic mass is 10.2. The van der Waals surface area contributed by atoms with Gasteiger partial charge in [0.15, 0.2) is 0 Å². The maximum Gasteiger partial charge on any atom is 0.573 e. The summed E-state index contributed by atoms with van der Waals surface area (Å²) >= 11 is 0. The molecule has 0 bridgehead atoms. The Morgan fingerprint density at radius 1 is 1.03 bits per heavy atom. The Hall–Kier alpha value is -2.92. The van der Waals surface area contributed by atoms with E-state index in [9.17, 15) is 21.6 Å². The summed E-state index contributed by atoms with van der Waals surface area (Å²) in [5, 5.41) is 8.29. The van der Waals surface area contributed by atoms with Crippen molar-refractivity contribution >= 4 is 10.0 Å². The average Bonchev–Trinajstić information content (AvgIpc) is 3.38. The van der Waals surface area contributed by atoms with Crippen molar-refractivity contribution in [1.29, 1.82) is 0 Å². The van der Waals surface area contributed by atoms with Crippen LogP contribution in [-0.4, -0.2) is 47.2 Å². The fourth-order valence-corrected chi connectivity index (χ4v) is 4.80. The van der Waals surface area contributed by atoms with Gasteiger partial charge in [0, 0.05) is 18.7 Å². The van der Waals surface area contributed by atoms with Crippen LogP contribution in [0.3, 0.4) is 0 Å². The van der Waals surface area contributed by atoms with Gasteiger partial charge in [-0.05, 0) is 30.7 Å². The Bertz CT molecular complexity index is 1120. The number of nitrogens with zero attached hydrogens (tertiary/aromatic N) is 4. The summed E-state index contributed by atoms with van der Waals surface area (Å²) in [5.74, 6) is -0.475. The molecular formula is C19H17F3N4O3S. The summed E-state index contributed by atoms with van der Waals surface area (Å²) < 4.78 is 69.3. The van der Waals surface area contributed by atoms with Gasteiger partial charge in [-0.2, -0.15) is 4.31 Å². The molecule has 0 spiro atoms. The first-order valence-electron chi connectivity index (χ1n) is 9.05. The van der Waals surface area contributed by atoms with E-state index in [1.165, 1.54) is 4.31 Å². The van der Waals surface area contributed by atoms with Crippen molar-refractivity contribution in [2.75, 3.05) is 13.1 Å². The van der Waals surface area contributed by atoms with E-state index >= 15 is 0 Å². The lowest BCUT2D eigenvalue weighted by molar-refractivity contribution is -0.274. The number of benzene rings is 2.